The largest absolute Gasteiger partial charge is 0.487 e. The number of para-hydroxylation sites is 1. The van der Waals surface area contributed by atoms with Crippen molar-refractivity contribution in [1.82, 2.24) is 5.32 Å². The van der Waals surface area contributed by atoms with Gasteiger partial charge in [-0.1, -0.05) is 38.0 Å². The summed E-state index contributed by atoms with van der Waals surface area (Å²) in [5, 5.41) is 3.61. The number of rotatable bonds is 6. The van der Waals surface area contributed by atoms with Crippen LogP contribution in [0.5, 0.6) is 5.75 Å². The molecular formula is C17H27NO. The van der Waals surface area contributed by atoms with Crippen molar-refractivity contribution in [3.63, 3.8) is 0 Å². The number of benzene rings is 1. The molecule has 1 N–H and O–H groups in total. The third kappa shape index (κ3) is 3.73. The zero-order chi connectivity index (χ0) is 13.9. The third-order valence-corrected chi connectivity index (χ3v) is 3.80. The summed E-state index contributed by atoms with van der Waals surface area (Å²) in [5.41, 5.74) is 2.60. The molecule has 2 nitrogen and oxygen atoms in total. The van der Waals surface area contributed by atoms with Gasteiger partial charge in [-0.2, -0.15) is 0 Å². The lowest BCUT2D eigenvalue weighted by atomic mass is 10.0. The zero-order valence-electron chi connectivity index (χ0n) is 12.8. The molecule has 1 aromatic carbocycles. The Balaban J connectivity index is 1.98. The second kappa shape index (κ2) is 5.96. The molecule has 0 saturated heterocycles. The number of fused-ring (bicyclic) bond motifs is 1. The maximum atomic E-state index is 6.10. The summed E-state index contributed by atoms with van der Waals surface area (Å²) in [7, 11) is 0. The first-order valence-electron chi connectivity index (χ1n) is 7.55. The van der Waals surface area contributed by atoms with E-state index >= 15 is 0 Å². The maximum Gasteiger partial charge on any atom is 0.127 e. The van der Waals surface area contributed by atoms with Crippen molar-refractivity contribution < 1.29 is 4.74 Å². The highest BCUT2D eigenvalue weighted by molar-refractivity contribution is 5.45. The lowest BCUT2D eigenvalue weighted by Crippen LogP contribution is -2.27. The Hall–Kier alpha value is -1.02. The van der Waals surface area contributed by atoms with E-state index in [1.807, 2.05) is 0 Å². The summed E-state index contributed by atoms with van der Waals surface area (Å²) in [6.45, 7) is 9.74. The molecule has 0 radical (unpaired) electrons. The fourth-order valence-electron chi connectivity index (χ4n) is 2.72. The van der Waals surface area contributed by atoms with E-state index in [4.69, 9.17) is 4.74 Å². The van der Waals surface area contributed by atoms with E-state index in [1.165, 1.54) is 30.4 Å². The summed E-state index contributed by atoms with van der Waals surface area (Å²) in [6, 6.07) is 7.09. The van der Waals surface area contributed by atoms with E-state index < -0.39 is 0 Å². The van der Waals surface area contributed by atoms with E-state index in [9.17, 15) is 0 Å². The van der Waals surface area contributed by atoms with Crippen molar-refractivity contribution in [1.29, 1.82) is 0 Å². The van der Waals surface area contributed by atoms with Crippen molar-refractivity contribution in [3.05, 3.63) is 29.3 Å². The van der Waals surface area contributed by atoms with Crippen LogP contribution in [0, 0.1) is 0 Å². The van der Waals surface area contributed by atoms with Crippen LogP contribution in [0.15, 0.2) is 18.2 Å². The average Bonchev–Trinajstić information content (AvgIpc) is 2.68. The molecule has 2 heteroatoms. The van der Waals surface area contributed by atoms with Crippen LogP contribution in [-0.2, 0) is 13.0 Å². The zero-order valence-corrected chi connectivity index (χ0v) is 12.8. The first-order chi connectivity index (χ1) is 9.02. The second-order valence-electron chi connectivity index (χ2n) is 6.37. The number of unbranched alkanes of at least 4 members (excludes halogenated alkanes) is 1. The molecule has 1 unspecified atom stereocenters. The quantitative estimate of drug-likeness (QED) is 0.833. The molecule has 0 spiro atoms. The molecule has 19 heavy (non-hydrogen) atoms. The minimum atomic E-state index is -0.0493. The molecule has 2 rings (SSSR count). The smallest absolute Gasteiger partial charge is 0.127 e. The summed E-state index contributed by atoms with van der Waals surface area (Å²) in [6.07, 6.45) is 4.83. The predicted molar refractivity (Wildman–Crippen MR) is 80.7 cm³/mol. The molecule has 1 aliphatic rings. The lowest BCUT2D eigenvalue weighted by Gasteiger charge is -2.19. The van der Waals surface area contributed by atoms with Gasteiger partial charge in [0.05, 0.1) is 0 Å². The molecule has 0 aliphatic carbocycles. The van der Waals surface area contributed by atoms with Crippen molar-refractivity contribution in [2.24, 2.45) is 0 Å². The first kappa shape index (κ1) is 14.4. The van der Waals surface area contributed by atoms with Crippen molar-refractivity contribution in [2.75, 3.05) is 0 Å². The van der Waals surface area contributed by atoms with Crippen molar-refractivity contribution in [2.45, 2.75) is 71.6 Å². The highest BCUT2D eigenvalue weighted by Gasteiger charge is 2.31. The molecule has 1 heterocycles. The molecule has 1 aliphatic heterocycles. The van der Waals surface area contributed by atoms with Gasteiger partial charge in [-0.25, -0.2) is 0 Å². The van der Waals surface area contributed by atoms with Gasteiger partial charge in [-0.3, -0.25) is 0 Å². The minimum Gasteiger partial charge on any atom is -0.487 e. The minimum absolute atomic E-state index is 0.0493. The van der Waals surface area contributed by atoms with Crippen LogP contribution in [0.2, 0.25) is 0 Å². The average molecular weight is 261 g/mol. The van der Waals surface area contributed by atoms with E-state index in [0.717, 1.165) is 18.7 Å². The summed E-state index contributed by atoms with van der Waals surface area (Å²) >= 11 is 0. The monoisotopic (exact) mass is 261 g/mol. The summed E-state index contributed by atoms with van der Waals surface area (Å²) < 4.78 is 6.10. The van der Waals surface area contributed by atoms with Crippen LogP contribution in [0.1, 0.15) is 58.1 Å². The molecule has 0 fully saturated rings. The summed E-state index contributed by atoms with van der Waals surface area (Å²) in [4.78, 5) is 0. The van der Waals surface area contributed by atoms with Gasteiger partial charge in [-0.15, -0.1) is 0 Å². The van der Waals surface area contributed by atoms with Gasteiger partial charge >= 0.3 is 0 Å². The topological polar surface area (TPSA) is 21.3 Å². The van der Waals surface area contributed by atoms with Gasteiger partial charge < -0.3 is 10.1 Å². The van der Waals surface area contributed by atoms with Gasteiger partial charge in [0.2, 0.25) is 0 Å². The van der Waals surface area contributed by atoms with Crippen LogP contribution >= 0.6 is 0 Å². The molecule has 1 aromatic rings. The predicted octanol–water partition coefficient (Wildman–Crippen LogP) is 4.07. The Labute approximate surface area is 117 Å². The van der Waals surface area contributed by atoms with Crippen LogP contribution < -0.4 is 10.1 Å². The number of ether oxygens (including phenoxy) is 1. The molecule has 0 aromatic heterocycles. The Morgan fingerprint density at radius 1 is 1.37 bits per heavy atom. The number of hydrogen-bond acceptors (Lipinski definition) is 2. The van der Waals surface area contributed by atoms with Gasteiger partial charge in [0.25, 0.3) is 0 Å². The number of hydrogen-bond donors (Lipinski definition) is 1. The first-order valence-corrected chi connectivity index (χ1v) is 7.55. The van der Waals surface area contributed by atoms with Gasteiger partial charge in [0, 0.05) is 24.6 Å². The second-order valence-corrected chi connectivity index (χ2v) is 6.37. The molecule has 0 saturated carbocycles. The van der Waals surface area contributed by atoms with Crippen LogP contribution in [0.25, 0.3) is 0 Å². The standard InChI is InChI=1S/C17H27NO/c1-5-6-8-13(2)18-12-15-10-7-9-14-11-17(3,4)19-16(14)15/h7,9-10,13,18H,5-6,8,11-12H2,1-4H3. The Morgan fingerprint density at radius 2 is 2.16 bits per heavy atom. The van der Waals surface area contributed by atoms with Crippen LogP contribution in [-0.4, -0.2) is 11.6 Å². The van der Waals surface area contributed by atoms with E-state index in [0.29, 0.717) is 6.04 Å². The van der Waals surface area contributed by atoms with Crippen molar-refractivity contribution >= 4 is 0 Å². The third-order valence-electron chi connectivity index (χ3n) is 3.80. The molecule has 0 amide bonds. The molecular weight excluding hydrogens is 234 g/mol. The summed E-state index contributed by atoms with van der Waals surface area (Å²) in [5.74, 6) is 1.11. The van der Waals surface area contributed by atoms with Crippen LogP contribution in [0.3, 0.4) is 0 Å². The number of nitrogens with one attached hydrogen (secondary N) is 1. The Morgan fingerprint density at radius 3 is 2.89 bits per heavy atom. The molecule has 1 atom stereocenters. The lowest BCUT2D eigenvalue weighted by molar-refractivity contribution is 0.137. The van der Waals surface area contributed by atoms with E-state index in [-0.39, 0.29) is 5.60 Å². The van der Waals surface area contributed by atoms with Crippen LogP contribution in [0.4, 0.5) is 0 Å². The van der Waals surface area contributed by atoms with E-state index in [2.05, 4.69) is 51.2 Å². The highest BCUT2D eigenvalue weighted by atomic mass is 16.5. The fourth-order valence-corrected chi connectivity index (χ4v) is 2.72. The highest BCUT2D eigenvalue weighted by Crippen LogP contribution is 2.37. The van der Waals surface area contributed by atoms with Crippen molar-refractivity contribution in [3.8, 4) is 5.75 Å². The fraction of sp³-hybridized carbons (Fsp3) is 0.647. The van der Waals surface area contributed by atoms with Gasteiger partial charge in [-0.05, 0) is 32.8 Å². The Kier molecular flexibility index (Phi) is 4.51. The molecule has 106 valence electrons. The Bertz CT molecular complexity index is 425. The van der Waals surface area contributed by atoms with E-state index in [1.54, 1.807) is 0 Å². The normalized spacial score (nSPS) is 17.9. The van der Waals surface area contributed by atoms with Gasteiger partial charge in [0.1, 0.15) is 11.4 Å². The van der Waals surface area contributed by atoms with Gasteiger partial charge in [0.15, 0.2) is 0 Å². The SMILES string of the molecule is CCCCC(C)NCc1cccc2c1OC(C)(C)C2. The maximum absolute atomic E-state index is 6.10. The molecule has 0 bridgehead atoms.